The minimum Gasteiger partial charge on any atom is -0.340 e. The lowest BCUT2D eigenvalue weighted by atomic mass is 10.2. The highest BCUT2D eigenvalue weighted by Crippen LogP contribution is 2.21. The molecule has 0 spiro atoms. The van der Waals surface area contributed by atoms with E-state index < -0.39 is 0 Å². The summed E-state index contributed by atoms with van der Waals surface area (Å²) in [7, 11) is 0. The number of benzene rings is 1. The van der Waals surface area contributed by atoms with E-state index in [2.05, 4.69) is 15.0 Å². The van der Waals surface area contributed by atoms with Crippen molar-refractivity contribution >= 4 is 22.1 Å². The van der Waals surface area contributed by atoms with E-state index in [-0.39, 0.29) is 5.56 Å². The minimum absolute atomic E-state index is 0.140. The van der Waals surface area contributed by atoms with Crippen LogP contribution in [0.4, 0.5) is 0 Å². The molecule has 0 bridgehead atoms. The Labute approximate surface area is 119 Å². The third-order valence-corrected chi connectivity index (χ3v) is 3.57. The summed E-state index contributed by atoms with van der Waals surface area (Å²) in [5, 5.41) is 0.856. The predicted molar refractivity (Wildman–Crippen MR) is 81.7 cm³/mol. The van der Waals surface area contributed by atoms with Gasteiger partial charge in [0.15, 0.2) is 0 Å². The number of H-pyrrole nitrogens is 1. The van der Waals surface area contributed by atoms with Crippen LogP contribution in [0.5, 0.6) is 0 Å². The van der Waals surface area contributed by atoms with E-state index in [9.17, 15) is 4.79 Å². The fraction of sp³-hybridized carbons (Fsp3) is 0.0625. The zero-order valence-corrected chi connectivity index (χ0v) is 11.4. The number of pyridine rings is 2. The highest BCUT2D eigenvalue weighted by Gasteiger charge is 2.14. The molecule has 0 saturated carbocycles. The molecule has 21 heavy (non-hydrogen) atoms. The summed E-state index contributed by atoms with van der Waals surface area (Å²) in [6, 6.07) is 11.6. The van der Waals surface area contributed by atoms with Crippen molar-refractivity contribution in [3.8, 4) is 5.69 Å². The standard InChI is InChI=1S/C16H12N4O/c1-10-4-2-5-11(8-10)20-15-12(6-3-7-17-15)13-14(16(20)21)19-9-18-13/h2-9H,1H3,(H,18,19). The van der Waals surface area contributed by atoms with Crippen molar-refractivity contribution in [2.75, 3.05) is 0 Å². The Hall–Kier alpha value is -2.95. The zero-order chi connectivity index (χ0) is 14.4. The van der Waals surface area contributed by atoms with Crippen molar-refractivity contribution in [1.29, 1.82) is 0 Å². The normalized spacial score (nSPS) is 11.3. The molecule has 4 rings (SSSR count). The van der Waals surface area contributed by atoms with Crippen molar-refractivity contribution in [1.82, 2.24) is 19.5 Å². The highest BCUT2D eigenvalue weighted by molar-refractivity contribution is 6.00. The van der Waals surface area contributed by atoms with Gasteiger partial charge in [-0.05, 0) is 36.8 Å². The van der Waals surface area contributed by atoms with E-state index in [4.69, 9.17) is 0 Å². The van der Waals surface area contributed by atoms with Gasteiger partial charge in [0.05, 0.1) is 12.0 Å². The maximum absolute atomic E-state index is 12.8. The average Bonchev–Trinajstić information content (AvgIpc) is 2.98. The van der Waals surface area contributed by atoms with Crippen LogP contribution in [-0.2, 0) is 0 Å². The monoisotopic (exact) mass is 276 g/mol. The van der Waals surface area contributed by atoms with Gasteiger partial charge in [0.1, 0.15) is 16.7 Å². The second-order valence-electron chi connectivity index (χ2n) is 4.98. The Morgan fingerprint density at radius 2 is 2.05 bits per heavy atom. The van der Waals surface area contributed by atoms with Crippen molar-refractivity contribution in [2.45, 2.75) is 6.92 Å². The number of imidazole rings is 1. The second kappa shape index (κ2) is 4.28. The third kappa shape index (κ3) is 1.67. The first-order chi connectivity index (χ1) is 10.3. The largest absolute Gasteiger partial charge is 0.340 e. The van der Waals surface area contributed by atoms with Crippen LogP contribution in [-0.4, -0.2) is 19.5 Å². The van der Waals surface area contributed by atoms with E-state index in [1.807, 2.05) is 43.3 Å². The van der Waals surface area contributed by atoms with Crippen LogP contribution in [0.2, 0.25) is 0 Å². The smallest absolute Gasteiger partial charge is 0.282 e. The molecule has 1 aromatic carbocycles. The second-order valence-corrected chi connectivity index (χ2v) is 4.98. The summed E-state index contributed by atoms with van der Waals surface area (Å²) in [5.41, 5.74) is 3.53. The van der Waals surface area contributed by atoms with Gasteiger partial charge in [-0.3, -0.25) is 9.36 Å². The van der Waals surface area contributed by atoms with Gasteiger partial charge < -0.3 is 4.98 Å². The quantitative estimate of drug-likeness (QED) is 0.581. The number of nitrogens with zero attached hydrogens (tertiary/aromatic N) is 3. The minimum atomic E-state index is -0.140. The molecule has 5 nitrogen and oxygen atoms in total. The van der Waals surface area contributed by atoms with E-state index in [0.717, 1.165) is 16.6 Å². The van der Waals surface area contributed by atoms with Gasteiger partial charge in [-0.15, -0.1) is 0 Å². The molecule has 3 aromatic heterocycles. The van der Waals surface area contributed by atoms with Gasteiger partial charge in [-0.25, -0.2) is 9.97 Å². The highest BCUT2D eigenvalue weighted by atomic mass is 16.1. The van der Waals surface area contributed by atoms with E-state index in [1.165, 1.54) is 0 Å². The first-order valence-corrected chi connectivity index (χ1v) is 6.65. The molecule has 0 unspecified atom stereocenters. The number of hydrogen-bond acceptors (Lipinski definition) is 3. The van der Waals surface area contributed by atoms with Crippen LogP contribution in [0, 0.1) is 6.92 Å². The van der Waals surface area contributed by atoms with Gasteiger partial charge in [0.25, 0.3) is 5.56 Å². The van der Waals surface area contributed by atoms with Crippen LogP contribution in [0.25, 0.3) is 27.8 Å². The lowest BCUT2D eigenvalue weighted by Crippen LogP contribution is -2.20. The molecule has 0 fully saturated rings. The molecule has 1 N–H and O–H groups in total. The SMILES string of the molecule is Cc1cccc(-n2c(=O)c3[nH]cnc3c3cccnc32)c1. The van der Waals surface area contributed by atoms with Gasteiger partial charge in [-0.2, -0.15) is 0 Å². The van der Waals surface area contributed by atoms with Crippen molar-refractivity contribution in [3.63, 3.8) is 0 Å². The number of rotatable bonds is 1. The van der Waals surface area contributed by atoms with Crippen LogP contribution in [0.15, 0.2) is 53.7 Å². The maximum atomic E-state index is 12.8. The van der Waals surface area contributed by atoms with Crippen molar-refractivity contribution < 1.29 is 0 Å². The summed E-state index contributed by atoms with van der Waals surface area (Å²) in [6.45, 7) is 2.00. The van der Waals surface area contributed by atoms with Gasteiger partial charge in [-0.1, -0.05) is 12.1 Å². The first kappa shape index (κ1) is 11.8. The van der Waals surface area contributed by atoms with Crippen LogP contribution < -0.4 is 5.56 Å². The summed E-state index contributed by atoms with van der Waals surface area (Å²) < 4.78 is 1.63. The molecule has 0 amide bonds. The zero-order valence-electron chi connectivity index (χ0n) is 11.4. The Morgan fingerprint density at radius 3 is 2.90 bits per heavy atom. The molecular weight excluding hydrogens is 264 g/mol. The third-order valence-electron chi connectivity index (χ3n) is 3.57. The predicted octanol–water partition coefficient (Wildman–Crippen LogP) is 2.57. The Balaban J connectivity index is 2.25. The first-order valence-electron chi connectivity index (χ1n) is 6.65. The van der Waals surface area contributed by atoms with Gasteiger partial charge >= 0.3 is 0 Å². The maximum Gasteiger partial charge on any atom is 0.282 e. The summed E-state index contributed by atoms with van der Waals surface area (Å²) in [4.78, 5) is 24.3. The summed E-state index contributed by atoms with van der Waals surface area (Å²) in [5.74, 6) is 0. The van der Waals surface area contributed by atoms with Crippen LogP contribution in [0.3, 0.4) is 0 Å². The Morgan fingerprint density at radius 1 is 1.14 bits per heavy atom. The van der Waals surface area contributed by atoms with Crippen LogP contribution in [0.1, 0.15) is 5.56 Å². The van der Waals surface area contributed by atoms with E-state index in [1.54, 1.807) is 17.1 Å². The summed E-state index contributed by atoms with van der Waals surface area (Å²) >= 11 is 0. The molecule has 0 aliphatic carbocycles. The molecule has 4 aromatic rings. The van der Waals surface area contributed by atoms with Crippen LogP contribution >= 0.6 is 0 Å². The molecule has 102 valence electrons. The number of fused-ring (bicyclic) bond motifs is 3. The van der Waals surface area contributed by atoms with Crippen molar-refractivity contribution in [2.24, 2.45) is 0 Å². The number of aromatic nitrogens is 4. The molecule has 3 heterocycles. The number of aryl methyl sites for hydroxylation is 1. The molecule has 0 radical (unpaired) electrons. The van der Waals surface area contributed by atoms with Gasteiger partial charge in [0, 0.05) is 11.6 Å². The fourth-order valence-electron chi connectivity index (χ4n) is 2.64. The molecule has 0 aliphatic rings. The van der Waals surface area contributed by atoms with Gasteiger partial charge in [0.2, 0.25) is 0 Å². The molecule has 0 atom stereocenters. The molecule has 0 saturated heterocycles. The lowest BCUT2D eigenvalue weighted by molar-refractivity contribution is 1.02. The Kier molecular flexibility index (Phi) is 2.41. The van der Waals surface area contributed by atoms with Crippen molar-refractivity contribution in [3.05, 3.63) is 64.8 Å². The Bertz CT molecular complexity index is 1030. The topological polar surface area (TPSA) is 63.6 Å². The molecule has 5 heteroatoms. The number of hydrogen-bond donors (Lipinski definition) is 1. The fourth-order valence-corrected chi connectivity index (χ4v) is 2.64. The average molecular weight is 276 g/mol. The van der Waals surface area contributed by atoms with E-state index in [0.29, 0.717) is 16.7 Å². The number of nitrogens with one attached hydrogen (secondary N) is 1. The molecule has 0 aliphatic heterocycles. The number of aromatic amines is 1. The summed E-state index contributed by atoms with van der Waals surface area (Å²) in [6.07, 6.45) is 3.23. The molecular formula is C16H12N4O. The van der Waals surface area contributed by atoms with E-state index >= 15 is 0 Å². The lowest BCUT2D eigenvalue weighted by Gasteiger charge is -2.10.